The average Bonchev–Trinajstić information content (AvgIpc) is 2.30. The molecule has 5 heteroatoms. The smallest absolute Gasteiger partial charge is 0.137 e. The minimum atomic E-state index is -0.00135. The highest BCUT2D eigenvalue weighted by Crippen LogP contribution is 2.25. The number of methoxy groups -OCH3 is 1. The maximum atomic E-state index is 7.28. The minimum absolute atomic E-state index is 0.00135. The van der Waals surface area contributed by atoms with Crippen molar-refractivity contribution in [2.75, 3.05) is 20.3 Å². The quantitative estimate of drug-likeness (QED) is 0.447. The SMILES string of the molecule is COCCCCOc1ccc(C(=N)N)cc1Cl. The maximum absolute atomic E-state index is 7.28. The van der Waals surface area contributed by atoms with Crippen LogP contribution in [0.3, 0.4) is 0 Å². The van der Waals surface area contributed by atoms with Crippen LogP contribution in [0.15, 0.2) is 18.2 Å². The highest BCUT2D eigenvalue weighted by atomic mass is 35.5. The van der Waals surface area contributed by atoms with Gasteiger partial charge in [0.15, 0.2) is 0 Å². The lowest BCUT2D eigenvalue weighted by molar-refractivity contribution is 0.184. The molecule has 3 N–H and O–H groups in total. The number of ether oxygens (including phenoxy) is 2. The van der Waals surface area contributed by atoms with E-state index in [-0.39, 0.29) is 5.84 Å². The molecule has 0 aliphatic carbocycles. The second-order valence-corrected chi connectivity index (χ2v) is 4.01. The number of hydrogen-bond donors (Lipinski definition) is 2. The molecule has 94 valence electrons. The van der Waals surface area contributed by atoms with E-state index >= 15 is 0 Å². The van der Waals surface area contributed by atoms with Crippen molar-refractivity contribution in [1.82, 2.24) is 0 Å². The molecule has 0 radical (unpaired) electrons. The largest absolute Gasteiger partial charge is 0.492 e. The van der Waals surface area contributed by atoms with E-state index in [9.17, 15) is 0 Å². The first kappa shape index (κ1) is 13.8. The summed E-state index contributed by atoms with van der Waals surface area (Å²) < 4.78 is 10.5. The Labute approximate surface area is 106 Å². The lowest BCUT2D eigenvalue weighted by Gasteiger charge is -2.09. The van der Waals surface area contributed by atoms with Gasteiger partial charge in [-0.05, 0) is 31.0 Å². The molecule has 0 heterocycles. The Bertz CT molecular complexity index is 383. The van der Waals surface area contributed by atoms with Crippen LogP contribution in [0, 0.1) is 5.41 Å². The van der Waals surface area contributed by atoms with Crippen LogP contribution in [0.1, 0.15) is 18.4 Å². The second-order valence-electron chi connectivity index (χ2n) is 3.61. The van der Waals surface area contributed by atoms with Crippen molar-refractivity contribution in [1.29, 1.82) is 5.41 Å². The maximum Gasteiger partial charge on any atom is 0.137 e. The molecule has 0 aromatic heterocycles. The number of rotatable bonds is 7. The van der Waals surface area contributed by atoms with Gasteiger partial charge in [0.1, 0.15) is 11.6 Å². The molecule has 0 aliphatic heterocycles. The number of amidine groups is 1. The van der Waals surface area contributed by atoms with E-state index in [1.807, 2.05) is 0 Å². The van der Waals surface area contributed by atoms with E-state index in [0.717, 1.165) is 19.4 Å². The first-order valence-electron chi connectivity index (χ1n) is 5.41. The Morgan fingerprint density at radius 1 is 1.35 bits per heavy atom. The van der Waals surface area contributed by atoms with Gasteiger partial charge in [0.25, 0.3) is 0 Å². The number of unbranched alkanes of at least 4 members (excludes halogenated alkanes) is 1. The zero-order chi connectivity index (χ0) is 12.7. The van der Waals surface area contributed by atoms with E-state index in [0.29, 0.717) is 22.9 Å². The van der Waals surface area contributed by atoms with Crippen molar-refractivity contribution in [2.24, 2.45) is 5.73 Å². The van der Waals surface area contributed by atoms with Gasteiger partial charge in [-0.15, -0.1) is 0 Å². The van der Waals surface area contributed by atoms with Crippen LogP contribution in [0.4, 0.5) is 0 Å². The van der Waals surface area contributed by atoms with Crippen molar-refractivity contribution >= 4 is 17.4 Å². The van der Waals surface area contributed by atoms with Gasteiger partial charge in [-0.3, -0.25) is 5.41 Å². The number of nitrogens with one attached hydrogen (secondary N) is 1. The Morgan fingerprint density at radius 2 is 2.06 bits per heavy atom. The second kappa shape index (κ2) is 7.14. The highest BCUT2D eigenvalue weighted by Gasteiger charge is 2.04. The summed E-state index contributed by atoms with van der Waals surface area (Å²) in [4.78, 5) is 0. The molecule has 0 saturated carbocycles. The van der Waals surface area contributed by atoms with Crippen molar-refractivity contribution in [3.8, 4) is 5.75 Å². The number of halogens is 1. The van der Waals surface area contributed by atoms with Crippen LogP contribution in [-0.2, 0) is 4.74 Å². The van der Waals surface area contributed by atoms with Crippen LogP contribution in [0.5, 0.6) is 5.75 Å². The van der Waals surface area contributed by atoms with E-state index in [1.165, 1.54) is 0 Å². The Hall–Kier alpha value is -1.26. The van der Waals surface area contributed by atoms with E-state index in [2.05, 4.69) is 0 Å². The first-order chi connectivity index (χ1) is 8.15. The van der Waals surface area contributed by atoms with Gasteiger partial charge < -0.3 is 15.2 Å². The van der Waals surface area contributed by atoms with Crippen LogP contribution in [0.25, 0.3) is 0 Å². The predicted molar refractivity (Wildman–Crippen MR) is 69.1 cm³/mol. The molecular weight excluding hydrogens is 240 g/mol. The third kappa shape index (κ3) is 4.63. The van der Waals surface area contributed by atoms with E-state index in [4.69, 9.17) is 32.2 Å². The van der Waals surface area contributed by atoms with Crippen molar-refractivity contribution in [2.45, 2.75) is 12.8 Å². The standard InChI is InChI=1S/C12H17ClN2O2/c1-16-6-2-3-7-17-11-5-4-9(12(14)15)8-10(11)13/h4-5,8H,2-3,6-7H2,1H3,(H3,14,15). The van der Waals surface area contributed by atoms with E-state index in [1.54, 1.807) is 25.3 Å². The fraction of sp³-hybridized carbons (Fsp3) is 0.417. The summed E-state index contributed by atoms with van der Waals surface area (Å²) in [6.45, 7) is 1.34. The molecule has 1 aromatic carbocycles. The molecule has 0 spiro atoms. The Morgan fingerprint density at radius 3 is 2.65 bits per heavy atom. The summed E-state index contributed by atoms with van der Waals surface area (Å²) in [7, 11) is 1.68. The van der Waals surface area contributed by atoms with Crippen LogP contribution in [0.2, 0.25) is 5.02 Å². The molecule has 0 bridgehead atoms. The molecule has 17 heavy (non-hydrogen) atoms. The highest BCUT2D eigenvalue weighted by molar-refractivity contribution is 6.32. The number of benzene rings is 1. The van der Waals surface area contributed by atoms with Gasteiger partial charge in [0.2, 0.25) is 0 Å². The molecule has 4 nitrogen and oxygen atoms in total. The third-order valence-corrected chi connectivity index (χ3v) is 2.54. The normalized spacial score (nSPS) is 10.2. The van der Waals surface area contributed by atoms with Crippen molar-refractivity contribution in [3.63, 3.8) is 0 Å². The predicted octanol–water partition coefficient (Wildman–Crippen LogP) is 2.43. The Balaban J connectivity index is 2.46. The van der Waals surface area contributed by atoms with Crippen LogP contribution in [-0.4, -0.2) is 26.2 Å². The summed E-state index contributed by atoms with van der Waals surface area (Å²) in [5.74, 6) is 0.618. The van der Waals surface area contributed by atoms with Gasteiger partial charge >= 0.3 is 0 Å². The molecule has 1 aromatic rings. The monoisotopic (exact) mass is 256 g/mol. The molecule has 1 rings (SSSR count). The summed E-state index contributed by atoms with van der Waals surface area (Å²) in [6.07, 6.45) is 1.87. The van der Waals surface area contributed by atoms with Crippen molar-refractivity contribution in [3.05, 3.63) is 28.8 Å². The van der Waals surface area contributed by atoms with E-state index < -0.39 is 0 Å². The summed E-state index contributed by atoms with van der Waals surface area (Å²) in [6, 6.07) is 5.09. The zero-order valence-electron chi connectivity index (χ0n) is 9.83. The molecular formula is C12H17ClN2O2. The average molecular weight is 257 g/mol. The minimum Gasteiger partial charge on any atom is -0.492 e. The Kier molecular flexibility index (Phi) is 5.80. The topological polar surface area (TPSA) is 68.3 Å². The number of hydrogen-bond acceptors (Lipinski definition) is 3. The molecule has 0 atom stereocenters. The molecule has 0 fully saturated rings. The first-order valence-corrected chi connectivity index (χ1v) is 5.78. The number of nitrogens with two attached hydrogens (primary N) is 1. The third-order valence-electron chi connectivity index (χ3n) is 2.24. The molecule has 0 saturated heterocycles. The van der Waals surface area contributed by atoms with Gasteiger partial charge in [0, 0.05) is 19.3 Å². The fourth-order valence-electron chi connectivity index (χ4n) is 1.32. The lowest BCUT2D eigenvalue weighted by Crippen LogP contribution is -2.11. The van der Waals surface area contributed by atoms with Gasteiger partial charge in [-0.1, -0.05) is 11.6 Å². The summed E-state index contributed by atoms with van der Waals surface area (Å²) in [5.41, 5.74) is 5.96. The van der Waals surface area contributed by atoms with Crippen molar-refractivity contribution < 1.29 is 9.47 Å². The van der Waals surface area contributed by atoms with Crippen LogP contribution < -0.4 is 10.5 Å². The molecule has 0 amide bonds. The van der Waals surface area contributed by atoms with Gasteiger partial charge in [-0.2, -0.15) is 0 Å². The van der Waals surface area contributed by atoms with Gasteiger partial charge in [-0.25, -0.2) is 0 Å². The molecule has 0 aliphatic rings. The molecule has 0 unspecified atom stereocenters. The summed E-state index contributed by atoms with van der Waals surface area (Å²) >= 11 is 6.01. The van der Waals surface area contributed by atoms with Gasteiger partial charge in [0.05, 0.1) is 11.6 Å². The lowest BCUT2D eigenvalue weighted by atomic mass is 10.2. The number of nitrogen functional groups attached to an aromatic ring is 1. The zero-order valence-corrected chi connectivity index (χ0v) is 10.6. The fourth-order valence-corrected chi connectivity index (χ4v) is 1.55. The van der Waals surface area contributed by atoms with Crippen LogP contribution >= 0.6 is 11.6 Å². The summed E-state index contributed by atoms with van der Waals surface area (Å²) in [5, 5.41) is 7.76.